The lowest BCUT2D eigenvalue weighted by Crippen LogP contribution is -2.44. The second-order valence-corrected chi connectivity index (χ2v) is 6.36. The standard InChI is InChI=1S/C16H31N3O/c1-3-18(4-2)13-10-11-19(12-13)16(20)14-8-6-5-7-9-15(14)17/h13-15H,3-12,17H2,1-2H3. The normalized spacial score (nSPS) is 31.6. The largest absolute Gasteiger partial charge is 0.341 e. The number of carbonyl (C=O) groups is 1. The Hall–Kier alpha value is -0.610. The zero-order chi connectivity index (χ0) is 14.5. The molecule has 116 valence electrons. The van der Waals surface area contributed by atoms with Gasteiger partial charge in [0.05, 0.1) is 5.92 Å². The number of hydrogen-bond donors (Lipinski definition) is 1. The van der Waals surface area contributed by atoms with Crippen LogP contribution in [-0.2, 0) is 4.79 Å². The van der Waals surface area contributed by atoms with Crippen LogP contribution >= 0.6 is 0 Å². The van der Waals surface area contributed by atoms with E-state index in [1.807, 2.05) is 0 Å². The van der Waals surface area contributed by atoms with Crippen LogP contribution in [0, 0.1) is 5.92 Å². The summed E-state index contributed by atoms with van der Waals surface area (Å²) >= 11 is 0. The number of rotatable bonds is 4. The molecule has 1 aliphatic heterocycles. The molecular weight excluding hydrogens is 250 g/mol. The number of likely N-dealkylation sites (N-methyl/N-ethyl adjacent to an activating group) is 1. The summed E-state index contributed by atoms with van der Waals surface area (Å²) in [6, 6.07) is 0.633. The van der Waals surface area contributed by atoms with Gasteiger partial charge in [0, 0.05) is 25.2 Å². The van der Waals surface area contributed by atoms with E-state index < -0.39 is 0 Å². The predicted molar refractivity (Wildman–Crippen MR) is 82.5 cm³/mol. The summed E-state index contributed by atoms with van der Waals surface area (Å²) in [5, 5.41) is 0. The highest BCUT2D eigenvalue weighted by Gasteiger charge is 2.35. The second kappa shape index (κ2) is 7.41. The zero-order valence-corrected chi connectivity index (χ0v) is 13.2. The van der Waals surface area contributed by atoms with Crippen molar-refractivity contribution in [2.45, 2.75) is 64.5 Å². The van der Waals surface area contributed by atoms with E-state index in [9.17, 15) is 4.79 Å². The zero-order valence-electron chi connectivity index (χ0n) is 13.2. The minimum atomic E-state index is 0.0768. The monoisotopic (exact) mass is 281 g/mol. The molecule has 0 bridgehead atoms. The quantitative estimate of drug-likeness (QED) is 0.800. The Balaban J connectivity index is 1.93. The van der Waals surface area contributed by atoms with Gasteiger partial charge in [-0.15, -0.1) is 0 Å². The smallest absolute Gasteiger partial charge is 0.227 e. The lowest BCUT2D eigenvalue weighted by Gasteiger charge is -2.28. The van der Waals surface area contributed by atoms with Crippen molar-refractivity contribution in [3.05, 3.63) is 0 Å². The van der Waals surface area contributed by atoms with Crippen molar-refractivity contribution < 1.29 is 4.79 Å². The van der Waals surface area contributed by atoms with E-state index in [0.29, 0.717) is 11.9 Å². The fraction of sp³-hybridized carbons (Fsp3) is 0.938. The number of hydrogen-bond acceptors (Lipinski definition) is 3. The van der Waals surface area contributed by atoms with Crippen LogP contribution < -0.4 is 5.73 Å². The molecule has 2 fully saturated rings. The number of nitrogens with two attached hydrogens (primary N) is 1. The molecule has 2 N–H and O–H groups in total. The van der Waals surface area contributed by atoms with Gasteiger partial charge in [0.1, 0.15) is 0 Å². The third-order valence-corrected chi connectivity index (χ3v) is 5.19. The first kappa shape index (κ1) is 15.8. The van der Waals surface area contributed by atoms with Crippen molar-refractivity contribution in [2.75, 3.05) is 26.2 Å². The third kappa shape index (κ3) is 3.53. The Labute approximate surface area is 123 Å². The SMILES string of the molecule is CCN(CC)C1CCN(C(=O)C2CCCCCC2N)C1. The average Bonchev–Trinajstić information content (AvgIpc) is 2.83. The van der Waals surface area contributed by atoms with E-state index in [-0.39, 0.29) is 12.0 Å². The molecule has 1 saturated heterocycles. The topological polar surface area (TPSA) is 49.6 Å². The van der Waals surface area contributed by atoms with Crippen LogP contribution in [0.25, 0.3) is 0 Å². The van der Waals surface area contributed by atoms with Crippen molar-refractivity contribution in [1.29, 1.82) is 0 Å². The number of carbonyl (C=O) groups excluding carboxylic acids is 1. The summed E-state index contributed by atoms with van der Waals surface area (Å²) in [7, 11) is 0. The van der Waals surface area contributed by atoms with E-state index in [0.717, 1.165) is 51.9 Å². The van der Waals surface area contributed by atoms with Gasteiger partial charge in [-0.25, -0.2) is 0 Å². The molecule has 3 unspecified atom stereocenters. The highest BCUT2D eigenvalue weighted by molar-refractivity contribution is 5.80. The van der Waals surface area contributed by atoms with Crippen LogP contribution in [0.1, 0.15) is 52.4 Å². The number of nitrogens with zero attached hydrogens (tertiary/aromatic N) is 2. The molecular formula is C16H31N3O. The van der Waals surface area contributed by atoms with Gasteiger partial charge in [0.15, 0.2) is 0 Å². The van der Waals surface area contributed by atoms with Gasteiger partial charge in [-0.3, -0.25) is 9.69 Å². The maximum atomic E-state index is 12.7. The Morgan fingerprint density at radius 1 is 1.15 bits per heavy atom. The number of likely N-dealkylation sites (tertiary alicyclic amines) is 1. The van der Waals surface area contributed by atoms with Gasteiger partial charge in [-0.05, 0) is 32.4 Å². The molecule has 0 aromatic carbocycles. The summed E-state index contributed by atoms with van der Waals surface area (Å²) in [5.74, 6) is 0.405. The van der Waals surface area contributed by atoms with Crippen molar-refractivity contribution in [1.82, 2.24) is 9.80 Å². The molecule has 0 spiro atoms. The van der Waals surface area contributed by atoms with E-state index >= 15 is 0 Å². The summed E-state index contributed by atoms with van der Waals surface area (Å²) in [4.78, 5) is 17.3. The average molecular weight is 281 g/mol. The maximum absolute atomic E-state index is 12.7. The highest BCUT2D eigenvalue weighted by atomic mass is 16.2. The fourth-order valence-electron chi connectivity index (χ4n) is 3.86. The van der Waals surface area contributed by atoms with Gasteiger partial charge in [0.2, 0.25) is 5.91 Å². The Bertz CT molecular complexity index is 317. The Morgan fingerprint density at radius 3 is 2.55 bits per heavy atom. The molecule has 1 aliphatic carbocycles. The fourth-order valence-corrected chi connectivity index (χ4v) is 3.86. The van der Waals surface area contributed by atoms with Gasteiger partial charge in [0.25, 0.3) is 0 Å². The van der Waals surface area contributed by atoms with Crippen LogP contribution in [0.3, 0.4) is 0 Å². The summed E-state index contributed by atoms with van der Waals surface area (Å²) in [5.41, 5.74) is 6.24. The van der Waals surface area contributed by atoms with Crippen molar-refractivity contribution >= 4 is 5.91 Å². The van der Waals surface area contributed by atoms with Crippen molar-refractivity contribution in [2.24, 2.45) is 11.7 Å². The van der Waals surface area contributed by atoms with E-state index in [1.165, 1.54) is 12.8 Å². The molecule has 2 rings (SSSR count). The first-order chi connectivity index (χ1) is 9.67. The van der Waals surface area contributed by atoms with Crippen LogP contribution in [0.15, 0.2) is 0 Å². The van der Waals surface area contributed by atoms with Crippen LogP contribution in [-0.4, -0.2) is 54.0 Å². The van der Waals surface area contributed by atoms with Gasteiger partial charge >= 0.3 is 0 Å². The predicted octanol–water partition coefficient (Wildman–Crippen LogP) is 1.84. The third-order valence-electron chi connectivity index (χ3n) is 5.19. The molecule has 0 aromatic rings. The molecule has 2 aliphatic rings. The minimum Gasteiger partial charge on any atom is -0.341 e. The maximum Gasteiger partial charge on any atom is 0.227 e. The Morgan fingerprint density at radius 2 is 1.85 bits per heavy atom. The van der Waals surface area contributed by atoms with E-state index in [4.69, 9.17) is 5.73 Å². The number of amides is 1. The Kier molecular flexibility index (Phi) is 5.85. The molecule has 1 amide bonds. The van der Waals surface area contributed by atoms with Crippen molar-refractivity contribution in [3.8, 4) is 0 Å². The molecule has 0 aromatic heterocycles. The first-order valence-electron chi connectivity index (χ1n) is 8.45. The first-order valence-corrected chi connectivity index (χ1v) is 8.45. The molecule has 0 radical (unpaired) electrons. The lowest BCUT2D eigenvalue weighted by atomic mass is 9.94. The van der Waals surface area contributed by atoms with Crippen LogP contribution in [0.2, 0.25) is 0 Å². The lowest BCUT2D eigenvalue weighted by molar-refractivity contribution is -0.135. The molecule has 20 heavy (non-hydrogen) atoms. The van der Waals surface area contributed by atoms with Crippen molar-refractivity contribution in [3.63, 3.8) is 0 Å². The van der Waals surface area contributed by atoms with E-state index in [2.05, 4.69) is 23.6 Å². The van der Waals surface area contributed by atoms with Crippen LogP contribution in [0.4, 0.5) is 0 Å². The minimum absolute atomic E-state index is 0.0768. The highest BCUT2D eigenvalue weighted by Crippen LogP contribution is 2.26. The molecule has 1 heterocycles. The summed E-state index contributed by atoms with van der Waals surface area (Å²) in [6.45, 7) is 8.38. The van der Waals surface area contributed by atoms with Gasteiger partial charge < -0.3 is 10.6 Å². The van der Waals surface area contributed by atoms with Crippen LogP contribution in [0.5, 0.6) is 0 Å². The summed E-state index contributed by atoms with van der Waals surface area (Å²) < 4.78 is 0. The molecule has 1 saturated carbocycles. The van der Waals surface area contributed by atoms with Gasteiger partial charge in [-0.2, -0.15) is 0 Å². The molecule has 4 nitrogen and oxygen atoms in total. The molecule has 3 atom stereocenters. The van der Waals surface area contributed by atoms with E-state index in [1.54, 1.807) is 0 Å². The second-order valence-electron chi connectivity index (χ2n) is 6.36. The molecule has 4 heteroatoms. The van der Waals surface area contributed by atoms with Gasteiger partial charge in [-0.1, -0.05) is 33.1 Å². The summed E-state index contributed by atoms with van der Waals surface area (Å²) in [6.07, 6.45) is 6.72.